The van der Waals surface area contributed by atoms with Crippen LogP contribution in [-0.2, 0) is 0 Å². The van der Waals surface area contributed by atoms with Crippen LogP contribution < -0.4 is 15.2 Å². The minimum Gasteiger partial charge on any atom is -0.497 e. The molecule has 14 heavy (non-hydrogen) atoms. The minimum absolute atomic E-state index is 0.251. The van der Waals surface area contributed by atoms with Crippen LogP contribution in [0.4, 0.5) is 0 Å². The van der Waals surface area contributed by atoms with Crippen molar-refractivity contribution in [2.75, 3.05) is 7.11 Å². The lowest BCUT2D eigenvalue weighted by molar-refractivity contribution is 0.288. The predicted molar refractivity (Wildman–Crippen MR) is 59.9 cm³/mol. The molecule has 0 heterocycles. The van der Waals surface area contributed by atoms with Gasteiger partial charge in [-0.25, -0.2) is 0 Å². The van der Waals surface area contributed by atoms with Gasteiger partial charge in [-0.3, -0.25) is 0 Å². The van der Waals surface area contributed by atoms with E-state index in [0.29, 0.717) is 4.99 Å². The maximum atomic E-state index is 5.45. The average Bonchev–Trinajstić information content (AvgIpc) is 2.19. The standard InChI is InChI=1S/C10H13NO2S/c1-7(10(11)14)13-9-5-3-8(12-2)4-6-9/h3-7H,1-2H3,(H2,11,14). The molecule has 4 heteroatoms. The molecule has 1 rings (SSSR count). The second kappa shape index (κ2) is 4.81. The molecule has 1 atom stereocenters. The zero-order chi connectivity index (χ0) is 10.6. The Morgan fingerprint density at radius 1 is 1.29 bits per heavy atom. The molecule has 0 bridgehead atoms. The summed E-state index contributed by atoms with van der Waals surface area (Å²) in [6.07, 6.45) is -0.251. The van der Waals surface area contributed by atoms with E-state index in [2.05, 4.69) is 0 Å². The van der Waals surface area contributed by atoms with Crippen molar-refractivity contribution >= 4 is 17.2 Å². The van der Waals surface area contributed by atoms with Crippen molar-refractivity contribution in [3.8, 4) is 11.5 Å². The van der Waals surface area contributed by atoms with Crippen molar-refractivity contribution in [3.05, 3.63) is 24.3 Å². The van der Waals surface area contributed by atoms with Crippen molar-refractivity contribution in [1.82, 2.24) is 0 Å². The van der Waals surface area contributed by atoms with Gasteiger partial charge in [-0.15, -0.1) is 0 Å². The molecule has 0 aliphatic carbocycles. The van der Waals surface area contributed by atoms with Crippen LogP contribution in [0.5, 0.6) is 11.5 Å². The van der Waals surface area contributed by atoms with Gasteiger partial charge in [0.15, 0.2) is 0 Å². The van der Waals surface area contributed by atoms with E-state index in [1.807, 2.05) is 31.2 Å². The second-order valence-corrected chi connectivity index (χ2v) is 3.31. The SMILES string of the molecule is COc1ccc(OC(C)C(N)=S)cc1. The quantitative estimate of drug-likeness (QED) is 0.771. The van der Waals surface area contributed by atoms with Crippen LogP contribution >= 0.6 is 12.2 Å². The Balaban J connectivity index is 2.64. The van der Waals surface area contributed by atoms with E-state index in [1.54, 1.807) is 7.11 Å². The van der Waals surface area contributed by atoms with Crippen LogP contribution in [0.1, 0.15) is 6.92 Å². The molecule has 3 nitrogen and oxygen atoms in total. The van der Waals surface area contributed by atoms with Gasteiger partial charge in [0.1, 0.15) is 22.6 Å². The Bertz CT molecular complexity index is 310. The molecule has 1 unspecified atom stereocenters. The molecule has 0 aliphatic heterocycles. The molecular formula is C10H13NO2S. The molecule has 0 saturated heterocycles. The van der Waals surface area contributed by atoms with E-state index in [-0.39, 0.29) is 6.10 Å². The lowest BCUT2D eigenvalue weighted by Crippen LogP contribution is -2.28. The molecule has 0 amide bonds. The number of thiocarbonyl (C=S) groups is 1. The van der Waals surface area contributed by atoms with E-state index in [1.165, 1.54) is 0 Å². The number of hydrogen-bond donors (Lipinski definition) is 1. The highest BCUT2D eigenvalue weighted by atomic mass is 32.1. The highest BCUT2D eigenvalue weighted by Gasteiger charge is 2.06. The molecule has 0 saturated carbocycles. The van der Waals surface area contributed by atoms with E-state index in [9.17, 15) is 0 Å². The monoisotopic (exact) mass is 211 g/mol. The van der Waals surface area contributed by atoms with E-state index >= 15 is 0 Å². The number of methoxy groups -OCH3 is 1. The Labute approximate surface area is 88.8 Å². The van der Waals surface area contributed by atoms with Crippen molar-refractivity contribution in [2.24, 2.45) is 5.73 Å². The molecule has 0 spiro atoms. The second-order valence-electron chi connectivity index (χ2n) is 2.84. The fourth-order valence-corrected chi connectivity index (χ4v) is 0.965. The zero-order valence-corrected chi connectivity index (χ0v) is 9.01. The number of rotatable bonds is 4. The van der Waals surface area contributed by atoms with Crippen LogP contribution in [0.3, 0.4) is 0 Å². The summed E-state index contributed by atoms with van der Waals surface area (Å²) in [5.41, 5.74) is 5.42. The van der Waals surface area contributed by atoms with Gasteiger partial charge in [-0.1, -0.05) is 12.2 Å². The summed E-state index contributed by atoms with van der Waals surface area (Å²) in [7, 11) is 1.62. The highest BCUT2D eigenvalue weighted by molar-refractivity contribution is 7.80. The number of benzene rings is 1. The lowest BCUT2D eigenvalue weighted by Gasteiger charge is -2.12. The first-order valence-corrected chi connectivity index (χ1v) is 4.64. The third-order valence-corrected chi connectivity index (χ3v) is 2.10. The predicted octanol–water partition coefficient (Wildman–Crippen LogP) is 1.75. The summed E-state index contributed by atoms with van der Waals surface area (Å²) in [6.45, 7) is 1.81. The first-order valence-electron chi connectivity index (χ1n) is 4.23. The van der Waals surface area contributed by atoms with E-state index in [0.717, 1.165) is 11.5 Å². The van der Waals surface area contributed by atoms with Crippen LogP contribution in [0.2, 0.25) is 0 Å². The highest BCUT2D eigenvalue weighted by Crippen LogP contribution is 2.17. The normalized spacial score (nSPS) is 11.9. The molecule has 0 fully saturated rings. The molecule has 0 aromatic heterocycles. The van der Waals surface area contributed by atoms with Crippen molar-refractivity contribution < 1.29 is 9.47 Å². The molecule has 0 aliphatic rings. The third-order valence-electron chi connectivity index (χ3n) is 1.77. The van der Waals surface area contributed by atoms with Gasteiger partial charge in [-0.2, -0.15) is 0 Å². The van der Waals surface area contributed by atoms with Gasteiger partial charge in [0.25, 0.3) is 0 Å². The molecule has 1 aromatic carbocycles. The Morgan fingerprint density at radius 2 is 1.79 bits per heavy atom. The molecule has 1 aromatic rings. The molecule has 2 N–H and O–H groups in total. The van der Waals surface area contributed by atoms with Crippen molar-refractivity contribution in [3.63, 3.8) is 0 Å². The van der Waals surface area contributed by atoms with Gasteiger partial charge in [0.05, 0.1) is 7.11 Å². The summed E-state index contributed by atoms with van der Waals surface area (Å²) < 4.78 is 10.5. The summed E-state index contributed by atoms with van der Waals surface area (Å²) in [4.78, 5) is 0.348. The smallest absolute Gasteiger partial charge is 0.145 e. The third kappa shape index (κ3) is 2.88. The zero-order valence-electron chi connectivity index (χ0n) is 8.19. The summed E-state index contributed by atoms with van der Waals surface area (Å²) in [5.74, 6) is 1.52. The summed E-state index contributed by atoms with van der Waals surface area (Å²) in [5, 5.41) is 0. The van der Waals surface area contributed by atoms with Gasteiger partial charge in [-0.05, 0) is 31.2 Å². The fourth-order valence-electron chi connectivity index (χ4n) is 0.916. The minimum atomic E-state index is -0.251. The average molecular weight is 211 g/mol. The molecule has 0 radical (unpaired) electrons. The maximum Gasteiger partial charge on any atom is 0.145 e. The Morgan fingerprint density at radius 3 is 2.21 bits per heavy atom. The van der Waals surface area contributed by atoms with Gasteiger partial charge in [0.2, 0.25) is 0 Å². The Hall–Kier alpha value is -1.29. The van der Waals surface area contributed by atoms with Crippen LogP contribution in [0.15, 0.2) is 24.3 Å². The van der Waals surface area contributed by atoms with E-state index in [4.69, 9.17) is 27.4 Å². The van der Waals surface area contributed by atoms with E-state index < -0.39 is 0 Å². The van der Waals surface area contributed by atoms with Gasteiger partial charge in [0, 0.05) is 0 Å². The first kappa shape index (κ1) is 10.8. The summed E-state index contributed by atoms with van der Waals surface area (Å²) >= 11 is 4.79. The number of hydrogen-bond acceptors (Lipinski definition) is 3. The topological polar surface area (TPSA) is 44.5 Å². The van der Waals surface area contributed by atoms with Crippen molar-refractivity contribution in [1.29, 1.82) is 0 Å². The molecule has 76 valence electrons. The van der Waals surface area contributed by atoms with Crippen LogP contribution in [-0.4, -0.2) is 18.2 Å². The largest absolute Gasteiger partial charge is 0.497 e. The van der Waals surface area contributed by atoms with Crippen LogP contribution in [0.25, 0.3) is 0 Å². The summed E-state index contributed by atoms with van der Waals surface area (Å²) in [6, 6.07) is 7.27. The van der Waals surface area contributed by atoms with Gasteiger partial charge >= 0.3 is 0 Å². The first-order chi connectivity index (χ1) is 6.63. The van der Waals surface area contributed by atoms with Crippen LogP contribution in [0, 0.1) is 0 Å². The number of ether oxygens (including phenoxy) is 2. The number of nitrogens with two attached hydrogens (primary N) is 1. The maximum absolute atomic E-state index is 5.45. The lowest BCUT2D eigenvalue weighted by atomic mass is 10.3. The molecular weight excluding hydrogens is 198 g/mol. The van der Waals surface area contributed by atoms with Crippen molar-refractivity contribution in [2.45, 2.75) is 13.0 Å². The fraction of sp³-hybridized carbons (Fsp3) is 0.300. The Kier molecular flexibility index (Phi) is 3.71. The van der Waals surface area contributed by atoms with Gasteiger partial charge < -0.3 is 15.2 Å².